The van der Waals surface area contributed by atoms with Crippen molar-refractivity contribution in [3.8, 4) is 22.4 Å². The lowest BCUT2D eigenvalue weighted by Crippen LogP contribution is -2.02. The maximum absolute atomic E-state index is 13.5. The number of hydrogen-bond donors (Lipinski definition) is 2. The van der Waals surface area contributed by atoms with Gasteiger partial charge in [0, 0.05) is 17.8 Å². The molecule has 0 radical (unpaired) electrons. The summed E-state index contributed by atoms with van der Waals surface area (Å²) in [4.78, 5) is 21.4. The largest absolute Gasteiger partial charge is 0.392 e. The molecule has 0 spiro atoms. The fourth-order valence-corrected chi connectivity index (χ4v) is 2.26. The van der Waals surface area contributed by atoms with Crippen molar-refractivity contribution in [3.63, 3.8) is 0 Å². The molecular formula is C17H11FN4O. The van der Waals surface area contributed by atoms with Gasteiger partial charge in [-0.25, -0.2) is 14.2 Å². The van der Waals surface area contributed by atoms with E-state index < -0.39 is 5.82 Å². The Morgan fingerprint density at radius 1 is 1.17 bits per heavy atom. The number of nitrogens with zero attached hydrogens (tertiary/aromatic N) is 2. The minimum atomic E-state index is -0.399. The fourth-order valence-electron chi connectivity index (χ4n) is 2.26. The van der Waals surface area contributed by atoms with Gasteiger partial charge in [-0.1, -0.05) is 12.1 Å². The van der Waals surface area contributed by atoms with E-state index in [2.05, 4.69) is 14.8 Å². The van der Waals surface area contributed by atoms with Crippen molar-refractivity contribution < 1.29 is 4.39 Å². The van der Waals surface area contributed by atoms with Crippen LogP contribution < -0.4 is 11.3 Å². The second-order valence-electron chi connectivity index (χ2n) is 4.85. The summed E-state index contributed by atoms with van der Waals surface area (Å²) in [5.74, 6) is -0.322. The molecule has 1 aromatic carbocycles. The Bertz CT molecular complexity index is 968. The number of rotatable bonds is 2. The van der Waals surface area contributed by atoms with Gasteiger partial charge < -0.3 is 10.7 Å². The van der Waals surface area contributed by atoms with Crippen molar-refractivity contribution in [3.05, 3.63) is 76.2 Å². The van der Waals surface area contributed by atoms with Gasteiger partial charge in [0.05, 0.1) is 12.3 Å². The van der Waals surface area contributed by atoms with E-state index in [-0.39, 0.29) is 17.1 Å². The molecule has 0 saturated heterocycles. The van der Waals surface area contributed by atoms with Crippen molar-refractivity contribution in [1.29, 1.82) is 0 Å². The number of pyridine rings is 2. The summed E-state index contributed by atoms with van der Waals surface area (Å²) in [7, 11) is 0. The highest BCUT2D eigenvalue weighted by Gasteiger charge is 2.14. The Hall–Kier alpha value is -3.46. The zero-order valence-electron chi connectivity index (χ0n) is 11.9. The fraction of sp³-hybridized carbons (Fsp3) is 0. The molecule has 2 aromatic heterocycles. The quantitative estimate of drug-likeness (QED) is 0.713. The minimum absolute atomic E-state index is 0.0763. The van der Waals surface area contributed by atoms with Crippen molar-refractivity contribution in [1.82, 2.24) is 9.97 Å². The van der Waals surface area contributed by atoms with E-state index in [1.807, 2.05) is 0 Å². The van der Waals surface area contributed by atoms with E-state index >= 15 is 0 Å². The highest BCUT2D eigenvalue weighted by Crippen LogP contribution is 2.35. The van der Waals surface area contributed by atoms with E-state index in [1.54, 1.807) is 24.3 Å². The zero-order chi connectivity index (χ0) is 16.4. The molecule has 0 saturated carbocycles. The van der Waals surface area contributed by atoms with Crippen LogP contribution in [0.1, 0.15) is 0 Å². The molecule has 5 nitrogen and oxygen atoms in total. The van der Waals surface area contributed by atoms with Gasteiger partial charge in [-0.05, 0) is 35.4 Å². The van der Waals surface area contributed by atoms with Crippen LogP contribution in [0.5, 0.6) is 0 Å². The number of nitrogens with two attached hydrogens (primary N) is 1. The number of hydrogen-bond acceptors (Lipinski definition) is 3. The molecule has 0 aliphatic carbocycles. The summed E-state index contributed by atoms with van der Waals surface area (Å²) >= 11 is 0. The van der Waals surface area contributed by atoms with E-state index in [0.717, 1.165) is 0 Å². The Labute approximate surface area is 131 Å². The third kappa shape index (κ3) is 2.80. The molecule has 3 N–H and O–H groups in total. The van der Waals surface area contributed by atoms with Gasteiger partial charge in [0.2, 0.25) is 11.2 Å². The summed E-state index contributed by atoms with van der Waals surface area (Å²) in [6, 6.07) is 10.5. The van der Waals surface area contributed by atoms with Gasteiger partial charge in [0.25, 0.3) is 0 Å². The van der Waals surface area contributed by atoms with Crippen LogP contribution in [0.25, 0.3) is 27.2 Å². The van der Waals surface area contributed by atoms with Crippen LogP contribution in [-0.4, -0.2) is 9.97 Å². The molecule has 3 rings (SSSR count). The van der Waals surface area contributed by atoms with Crippen molar-refractivity contribution in [2.45, 2.75) is 0 Å². The van der Waals surface area contributed by atoms with Gasteiger partial charge in [0.15, 0.2) is 0 Å². The normalized spacial score (nSPS) is 10.3. The smallest absolute Gasteiger partial charge is 0.247 e. The van der Waals surface area contributed by atoms with Gasteiger partial charge in [-0.2, -0.15) is 0 Å². The number of H-pyrrole nitrogens is 1. The zero-order valence-corrected chi connectivity index (χ0v) is 11.9. The van der Waals surface area contributed by atoms with Crippen LogP contribution in [0.3, 0.4) is 0 Å². The summed E-state index contributed by atoms with van der Waals surface area (Å²) in [5, 5.41) is 0. The van der Waals surface area contributed by atoms with Crippen LogP contribution in [0, 0.1) is 12.4 Å². The number of nitrogen functional groups attached to an aromatic ring is 1. The first-order valence-electron chi connectivity index (χ1n) is 6.71. The summed E-state index contributed by atoms with van der Waals surface area (Å²) in [6.45, 7) is 7.17. The summed E-state index contributed by atoms with van der Waals surface area (Å²) in [6.07, 6.45) is 1.52. The van der Waals surface area contributed by atoms with E-state index in [4.69, 9.17) is 12.3 Å². The first-order valence-corrected chi connectivity index (χ1v) is 6.71. The number of aromatic amines is 1. The number of benzene rings is 1. The van der Waals surface area contributed by atoms with Gasteiger partial charge >= 0.3 is 0 Å². The molecule has 0 unspecified atom stereocenters. The highest BCUT2D eigenvalue weighted by atomic mass is 19.1. The first-order chi connectivity index (χ1) is 11.1. The van der Waals surface area contributed by atoms with Gasteiger partial charge in [-0.15, -0.1) is 0 Å². The number of halogens is 1. The topological polar surface area (TPSA) is 76.1 Å². The van der Waals surface area contributed by atoms with Crippen LogP contribution in [0.2, 0.25) is 0 Å². The third-order valence-electron chi connectivity index (χ3n) is 3.34. The molecule has 0 atom stereocenters. The third-order valence-corrected chi connectivity index (χ3v) is 3.34. The maximum Gasteiger partial charge on any atom is 0.247 e. The molecule has 0 fully saturated rings. The van der Waals surface area contributed by atoms with Gasteiger partial charge in [-0.3, -0.25) is 4.79 Å². The molecule has 0 bridgehead atoms. The molecular weight excluding hydrogens is 295 g/mol. The number of anilines is 1. The van der Waals surface area contributed by atoms with Crippen LogP contribution in [0.15, 0.2) is 53.5 Å². The van der Waals surface area contributed by atoms with Crippen LogP contribution in [-0.2, 0) is 0 Å². The predicted octanol–water partition coefficient (Wildman–Crippen LogP) is 3.38. The SMILES string of the molecule is [C-]#[N+]c1cc(-c2ccc(=O)[nH]c2)c(-c2cccc(F)c2)nc1N. The number of nitrogens with one attached hydrogen (secondary N) is 1. The molecule has 3 aromatic rings. The molecule has 0 aliphatic rings. The Balaban J connectivity index is 2.30. The summed E-state index contributed by atoms with van der Waals surface area (Å²) < 4.78 is 13.5. The van der Waals surface area contributed by atoms with Crippen LogP contribution >= 0.6 is 0 Å². The second kappa shape index (κ2) is 5.73. The molecule has 0 aliphatic heterocycles. The minimum Gasteiger partial charge on any atom is -0.392 e. The highest BCUT2D eigenvalue weighted by molar-refractivity contribution is 5.86. The van der Waals surface area contributed by atoms with Crippen LogP contribution in [0.4, 0.5) is 15.9 Å². The van der Waals surface area contributed by atoms with E-state index in [0.29, 0.717) is 22.4 Å². The first kappa shape index (κ1) is 14.5. The molecule has 112 valence electrons. The second-order valence-corrected chi connectivity index (χ2v) is 4.85. The lowest BCUT2D eigenvalue weighted by atomic mass is 10.00. The lowest BCUT2D eigenvalue weighted by molar-refractivity contribution is 0.628. The van der Waals surface area contributed by atoms with Gasteiger partial charge in [0.1, 0.15) is 11.6 Å². The lowest BCUT2D eigenvalue weighted by Gasteiger charge is -2.11. The monoisotopic (exact) mass is 306 g/mol. The average molecular weight is 306 g/mol. The van der Waals surface area contributed by atoms with Crippen molar-refractivity contribution in [2.75, 3.05) is 5.73 Å². The predicted molar refractivity (Wildman–Crippen MR) is 86.4 cm³/mol. The molecule has 23 heavy (non-hydrogen) atoms. The molecule has 2 heterocycles. The van der Waals surface area contributed by atoms with E-state index in [9.17, 15) is 9.18 Å². The molecule has 6 heteroatoms. The van der Waals surface area contributed by atoms with E-state index in [1.165, 1.54) is 24.4 Å². The average Bonchev–Trinajstić information content (AvgIpc) is 2.55. The Morgan fingerprint density at radius 3 is 2.65 bits per heavy atom. The standard InChI is InChI=1S/C17H11FN4O/c1-20-14-8-13(11-5-6-15(23)21-9-11)16(22-17(14)19)10-3-2-4-12(18)7-10/h2-9H,(H2,19,22)(H,21,23). The maximum atomic E-state index is 13.5. The summed E-state index contributed by atoms with van der Waals surface area (Å²) in [5.41, 5.74) is 7.99. The Morgan fingerprint density at radius 2 is 2.00 bits per heavy atom. The Kier molecular flexibility index (Phi) is 3.61. The van der Waals surface area contributed by atoms with Crippen molar-refractivity contribution in [2.24, 2.45) is 0 Å². The van der Waals surface area contributed by atoms with Crippen molar-refractivity contribution >= 4 is 11.5 Å². The molecule has 0 amide bonds. The number of aromatic nitrogens is 2.